The molecule has 0 bridgehead atoms. The largest absolute Gasteiger partial charge is 0.491 e. The Labute approximate surface area is 161 Å². The summed E-state index contributed by atoms with van der Waals surface area (Å²) in [6, 6.07) is 13.8. The number of carbonyl (C=O) groups excluding carboxylic acids is 1. The molecule has 7 nitrogen and oxygen atoms in total. The number of benzene rings is 2. The van der Waals surface area contributed by atoms with Crippen molar-refractivity contribution in [1.82, 2.24) is 0 Å². The van der Waals surface area contributed by atoms with Crippen molar-refractivity contribution in [2.45, 2.75) is 20.0 Å². The molecule has 28 heavy (non-hydrogen) atoms. The van der Waals surface area contributed by atoms with Gasteiger partial charge < -0.3 is 19.3 Å². The average Bonchev–Trinajstić information content (AvgIpc) is 3.02. The lowest BCUT2D eigenvalue weighted by atomic mass is 10.2. The van der Waals surface area contributed by atoms with Crippen LogP contribution in [-0.4, -0.2) is 35.7 Å². The third-order valence-electron chi connectivity index (χ3n) is 3.64. The fraction of sp³-hybridized carbons (Fsp3) is 0.190. The number of rotatable bonds is 7. The fourth-order valence-electron chi connectivity index (χ4n) is 2.44. The van der Waals surface area contributed by atoms with Gasteiger partial charge in [-0.15, -0.1) is 0 Å². The second kappa shape index (κ2) is 8.39. The number of hydrogen-bond donors (Lipinski definition) is 1. The molecule has 0 unspecified atom stereocenters. The first-order valence-electron chi connectivity index (χ1n) is 8.65. The molecule has 0 saturated carbocycles. The monoisotopic (exact) mass is 381 g/mol. The van der Waals surface area contributed by atoms with Crippen LogP contribution in [0, 0.1) is 0 Å². The molecule has 0 radical (unpaired) electrons. The summed E-state index contributed by atoms with van der Waals surface area (Å²) in [6.45, 7) is 3.47. The molecule has 1 aliphatic heterocycles. The second-order valence-corrected chi connectivity index (χ2v) is 6.28. The van der Waals surface area contributed by atoms with Gasteiger partial charge in [0.1, 0.15) is 11.5 Å². The van der Waals surface area contributed by atoms with Gasteiger partial charge in [0.05, 0.1) is 6.10 Å². The van der Waals surface area contributed by atoms with Crippen LogP contribution >= 0.6 is 0 Å². The van der Waals surface area contributed by atoms with Crippen molar-refractivity contribution in [3.63, 3.8) is 0 Å². The molecule has 7 heteroatoms. The van der Waals surface area contributed by atoms with E-state index in [1.165, 1.54) is 0 Å². The minimum absolute atomic E-state index is 0.0722. The van der Waals surface area contributed by atoms with E-state index in [0.29, 0.717) is 16.9 Å². The standard InChI is InChI=1S/C21H19NO6/c1-13(2)27-17-9-5-15(6-10-17)20-22-18(21(25)28-20)11-14-3-7-16(8-4-14)26-12-19(23)24/h3-11,13H,12H2,1-2H3,(H,23,24)/b18-11-. The normalized spacial score (nSPS) is 14.8. The second-order valence-electron chi connectivity index (χ2n) is 6.28. The van der Waals surface area contributed by atoms with E-state index in [4.69, 9.17) is 19.3 Å². The maximum absolute atomic E-state index is 12.1. The van der Waals surface area contributed by atoms with Gasteiger partial charge in [0, 0.05) is 5.56 Å². The van der Waals surface area contributed by atoms with Crippen molar-refractivity contribution in [2.24, 2.45) is 4.99 Å². The number of ether oxygens (including phenoxy) is 3. The molecule has 1 heterocycles. The average molecular weight is 381 g/mol. The smallest absolute Gasteiger partial charge is 0.363 e. The summed E-state index contributed by atoms with van der Waals surface area (Å²) in [5.41, 5.74) is 1.56. The molecule has 144 valence electrons. The Morgan fingerprint density at radius 1 is 1.11 bits per heavy atom. The van der Waals surface area contributed by atoms with E-state index in [9.17, 15) is 9.59 Å². The Kier molecular flexibility index (Phi) is 5.74. The Bertz CT molecular complexity index is 926. The molecule has 1 N–H and O–H groups in total. The van der Waals surface area contributed by atoms with Crippen LogP contribution in [-0.2, 0) is 14.3 Å². The van der Waals surface area contributed by atoms with Gasteiger partial charge >= 0.3 is 11.9 Å². The molecule has 0 aromatic heterocycles. The highest BCUT2D eigenvalue weighted by molar-refractivity contribution is 6.12. The molecule has 0 aliphatic carbocycles. The van der Waals surface area contributed by atoms with E-state index in [2.05, 4.69) is 4.99 Å². The van der Waals surface area contributed by atoms with Gasteiger partial charge in [-0.1, -0.05) is 12.1 Å². The zero-order valence-corrected chi connectivity index (χ0v) is 15.4. The highest BCUT2D eigenvalue weighted by atomic mass is 16.6. The first-order valence-corrected chi connectivity index (χ1v) is 8.65. The van der Waals surface area contributed by atoms with Crippen molar-refractivity contribution in [2.75, 3.05) is 6.61 Å². The van der Waals surface area contributed by atoms with Crippen molar-refractivity contribution in [3.8, 4) is 11.5 Å². The number of cyclic esters (lactones) is 1. The SMILES string of the molecule is CC(C)Oc1ccc(C2=N/C(=C\c3ccc(OCC(=O)O)cc3)C(=O)O2)cc1. The molecule has 0 fully saturated rings. The maximum Gasteiger partial charge on any atom is 0.363 e. The van der Waals surface area contributed by atoms with Crippen molar-refractivity contribution < 1.29 is 28.9 Å². The van der Waals surface area contributed by atoms with Gasteiger partial charge in [-0.3, -0.25) is 0 Å². The summed E-state index contributed by atoms with van der Waals surface area (Å²) in [5.74, 6) is -0.209. The number of carboxylic acids is 1. The Morgan fingerprint density at radius 2 is 1.75 bits per heavy atom. The molecular formula is C21H19NO6. The van der Waals surface area contributed by atoms with E-state index in [-0.39, 0.29) is 17.7 Å². The van der Waals surface area contributed by atoms with E-state index in [1.807, 2.05) is 13.8 Å². The van der Waals surface area contributed by atoms with Gasteiger partial charge in [0.25, 0.3) is 0 Å². The van der Waals surface area contributed by atoms with Crippen LogP contribution in [0.5, 0.6) is 11.5 Å². The van der Waals surface area contributed by atoms with Crippen LogP contribution in [0.3, 0.4) is 0 Å². The summed E-state index contributed by atoms with van der Waals surface area (Å²) in [7, 11) is 0. The molecule has 2 aromatic carbocycles. The van der Waals surface area contributed by atoms with Crippen LogP contribution in [0.25, 0.3) is 6.08 Å². The summed E-state index contributed by atoms with van der Waals surface area (Å²) in [6.07, 6.45) is 1.66. The molecular weight excluding hydrogens is 362 g/mol. The number of aliphatic carboxylic acids is 1. The first-order chi connectivity index (χ1) is 13.4. The topological polar surface area (TPSA) is 94.4 Å². The van der Waals surface area contributed by atoms with Crippen molar-refractivity contribution >= 4 is 23.9 Å². The van der Waals surface area contributed by atoms with Crippen LogP contribution < -0.4 is 9.47 Å². The van der Waals surface area contributed by atoms with Crippen LogP contribution in [0.4, 0.5) is 0 Å². The van der Waals surface area contributed by atoms with Crippen LogP contribution in [0.2, 0.25) is 0 Å². The van der Waals surface area contributed by atoms with Gasteiger partial charge in [-0.25, -0.2) is 14.6 Å². The minimum Gasteiger partial charge on any atom is -0.491 e. The third kappa shape index (κ3) is 4.97. The number of nitrogens with zero attached hydrogens (tertiary/aromatic N) is 1. The Morgan fingerprint density at radius 3 is 2.36 bits per heavy atom. The number of hydrogen-bond acceptors (Lipinski definition) is 6. The molecule has 1 aliphatic rings. The summed E-state index contributed by atoms with van der Waals surface area (Å²) < 4.78 is 15.9. The van der Waals surface area contributed by atoms with Gasteiger partial charge in [0.2, 0.25) is 5.90 Å². The predicted molar refractivity (Wildman–Crippen MR) is 102 cm³/mol. The maximum atomic E-state index is 12.1. The summed E-state index contributed by atoms with van der Waals surface area (Å²) in [4.78, 5) is 26.9. The zero-order chi connectivity index (χ0) is 20.1. The van der Waals surface area contributed by atoms with Gasteiger partial charge in [0.15, 0.2) is 12.3 Å². The summed E-state index contributed by atoms with van der Waals surface area (Å²) in [5, 5.41) is 8.61. The zero-order valence-electron chi connectivity index (χ0n) is 15.4. The quantitative estimate of drug-likeness (QED) is 0.584. The summed E-state index contributed by atoms with van der Waals surface area (Å²) >= 11 is 0. The lowest BCUT2D eigenvalue weighted by Gasteiger charge is -2.09. The van der Waals surface area contributed by atoms with Crippen molar-refractivity contribution in [1.29, 1.82) is 0 Å². The minimum atomic E-state index is -1.05. The molecule has 2 aromatic rings. The Balaban J connectivity index is 1.73. The number of esters is 1. The van der Waals surface area contributed by atoms with E-state index < -0.39 is 18.5 Å². The fourth-order valence-corrected chi connectivity index (χ4v) is 2.44. The lowest BCUT2D eigenvalue weighted by Crippen LogP contribution is -2.09. The highest BCUT2D eigenvalue weighted by Crippen LogP contribution is 2.22. The Hall–Kier alpha value is -3.61. The van der Waals surface area contributed by atoms with Crippen LogP contribution in [0.15, 0.2) is 59.2 Å². The molecule has 3 rings (SSSR count). The molecule has 0 atom stereocenters. The lowest BCUT2D eigenvalue weighted by molar-refractivity contribution is -0.139. The first kappa shape index (κ1) is 19.2. The molecule has 0 saturated heterocycles. The number of carboxylic acid groups (broad SMARTS) is 1. The number of aliphatic imine (C=N–C) groups is 1. The van der Waals surface area contributed by atoms with Gasteiger partial charge in [-0.05, 0) is 61.9 Å². The third-order valence-corrected chi connectivity index (χ3v) is 3.64. The van der Waals surface area contributed by atoms with E-state index >= 15 is 0 Å². The predicted octanol–water partition coefficient (Wildman–Crippen LogP) is 3.28. The van der Waals surface area contributed by atoms with Gasteiger partial charge in [-0.2, -0.15) is 0 Å². The van der Waals surface area contributed by atoms with E-state index in [1.54, 1.807) is 54.6 Å². The highest BCUT2D eigenvalue weighted by Gasteiger charge is 2.24. The van der Waals surface area contributed by atoms with Crippen molar-refractivity contribution in [3.05, 3.63) is 65.4 Å². The molecule has 0 amide bonds. The van der Waals surface area contributed by atoms with Crippen LogP contribution in [0.1, 0.15) is 25.0 Å². The van der Waals surface area contributed by atoms with E-state index in [0.717, 1.165) is 5.75 Å². The number of carbonyl (C=O) groups is 2. The molecule has 0 spiro atoms.